The number of rotatable bonds is 4. The molecule has 1 saturated heterocycles. The van der Waals surface area contributed by atoms with Crippen LogP contribution in [0.3, 0.4) is 0 Å². The van der Waals surface area contributed by atoms with Crippen LogP contribution in [0.25, 0.3) is 0 Å². The van der Waals surface area contributed by atoms with E-state index in [4.69, 9.17) is 5.73 Å². The third kappa shape index (κ3) is 3.16. The van der Waals surface area contributed by atoms with Gasteiger partial charge in [0, 0.05) is 0 Å². The van der Waals surface area contributed by atoms with Gasteiger partial charge in [-0.05, 0) is 50.6 Å². The minimum atomic E-state index is -0.680. The summed E-state index contributed by atoms with van der Waals surface area (Å²) in [5.74, 6) is 1.01. The average molecular weight is 329 g/mol. The molecule has 2 heterocycles. The molecule has 0 unspecified atom stereocenters. The van der Waals surface area contributed by atoms with Gasteiger partial charge in [-0.25, -0.2) is 4.68 Å². The molecular weight excluding hydrogens is 304 g/mol. The maximum absolute atomic E-state index is 12.0. The van der Waals surface area contributed by atoms with Crippen LogP contribution < -0.4 is 11.1 Å². The molecule has 1 aromatic rings. The molecule has 2 aliphatic rings. The zero-order chi connectivity index (χ0) is 17.2. The molecule has 0 bridgehead atoms. The molecule has 7 heteroatoms. The molecule has 3 rings (SSSR count). The number of piperidine rings is 1. The van der Waals surface area contributed by atoms with Crippen LogP contribution in [0.2, 0.25) is 0 Å². The number of amides is 1. The van der Waals surface area contributed by atoms with Crippen molar-refractivity contribution in [3.63, 3.8) is 0 Å². The smallest absolute Gasteiger partial charge is 0.231 e. The van der Waals surface area contributed by atoms with Crippen LogP contribution in [0.1, 0.15) is 51.1 Å². The number of nitrogens with one attached hydrogen (secondary N) is 1. The van der Waals surface area contributed by atoms with Crippen LogP contribution in [0, 0.1) is 29.1 Å². The lowest BCUT2D eigenvalue weighted by atomic mass is 9.75. The maximum Gasteiger partial charge on any atom is 0.231 e. The quantitative estimate of drug-likeness (QED) is 0.860. The van der Waals surface area contributed by atoms with E-state index >= 15 is 0 Å². The summed E-state index contributed by atoms with van der Waals surface area (Å²) < 4.78 is 1.64. The minimum Gasteiger partial charge on any atom is -0.369 e. The summed E-state index contributed by atoms with van der Waals surface area (Å²) in [6.45, 7) is 3.79. The van der Waals surface area contributed by atoms with Gasteiger partial charge in [0.2, 0.25) is 5.91 Å². The van der Waals surface area contributed by atoms with Gasteiger partial charge in [0.05, 0.1) is 12.3 Å². The lowest BCUT2D eigenvalue weighted by Gasteiger charge is -2.31. The van der Waals surface area contributed by atoms with Gasteiger partial charge in [0.15, 0.2) is 5.54 Å². The van der Waals surface area contributed by atoms with Gasteiger partial charge in [-0.15, -0.1) is 5.10 Å². The number of hydrogen-bond donors (Lipinski definition) is 2. The van der Waals surface area contributed by atoms with Crippen LogP contribution in [0.4, 0.5) is 0 Å². The first-order valence-corrected chi connectivity index (χ1v) is 8.77. The van der Waals surface area contributed by atoms with Crippen molar-refractivity contribution in [2.45, 2.75) is 51.0 Å². The Bertz CT molecular complexity index is 619. The number of nitriles is 1. The average Bonchev–Trinajstić information content (AvgIpc) is 3.07. The van der Waals surface area contributed by atoms with E-state index in [-0.39, 0.29) is 5.92 Å². The highest BCUT2D eigenvalue weighted by atomic mass is 16.1. The van der Waals surface area contributed by atoms with E-state index in [0.29, 0.717) is 30.4 Å². The van der Waals surface area contributed by atoms with Crippen molar-refractivity contribution in [1.82, 2.24) is 20.3 Å². The summed E-state index contributed by atoms with van der Waals surface area (Å²) in [6.07, 6.45) is 7.22. The van der Waals surface area contributed by atoms with Crippen LogP contribution in [-0.4, -0.2) is 34.0 Å². The number of nitrogens with two attached hydrogens (primary N) is 1. The summed E-state index contributed by atoms with van der Waals surface area (Å²) in [5.41, 5.74) is 5.52. The third-order valence-corrected chi connectivity index (χ3v) is 5.54. The van der Waals surface area contributed by atoms with Crippen LogP contribution in [0.15, 0.2) is 6.20 Å². The second kappa shape index (κ2) is 6.89. The van der Waals surface area contributed by atoms with Crippen LogP contribution in [-0.2, 0) is 10.3 Å². The van der Waals surface area contributed by atoms with Gasteiger partial charge in [0.25, 0.3) is 0 Å². The predicted octanol–water partition coefficient (Wildman–Crippen LogP) is 1.11. The number of aromatic nitrogens is 3. The minimum absolute atomic E-state index is 0.148. The van der Waals surface area contributed by atoms with Crippen molar-refractivity contribution in [1.29, 1.82) is 5.26 Å². The van der Waals surface area contributed by atoms with Gasteiger partial charge in [-0.1, -0.05) is 25.0 Å². The number of primary amides is 1. The summed E-state index contributed by atoms with van der Waals surface area (Å²) in [7, 11) is 0. The number of hydrogen-bond acceptors (Lipinski definition) is 5. The van der Waals surface area contributed by atoms with E-state index in [1.807, 2.05) is 0 Å². The standard InChI is InChI=1S/C17H25N6O/c1-12-2-4-13(5-3-12)15(16(19)24)14-10-23(22-21-14)17(11-18)6-8-20-9-7-17/h10,12-13,20H,2-9H2,1H3,(H2,19,24). The molecule has 3 N–H and O–H groups in total. The van der Waals surface area contributed by atoms with Crippen molar-refractivity contribution in [2.75, 3.05) is 13.1 Å². The Morgan fingerprint density at radius 1 is 1.38 bits per heavy atom. The maximum atomic E-state index is 12.0. The van der Waals surface area contributed by atoms with E-state index in [1.165, 1.54) is 0 Å². The van der Waals surface area contributed by atoms with E-state index in [2.05, 4.69) is 28.6 Å². The predicted molar refractivity (Wildman–Crippen MR) is 88.4 cm³/mol. The van der Waals surface area contributed by atoms with Crippen molar-refractivity contribution in [3.05, 3.63) is 17.8 Å². The molecule has 129 valence electrons. The van der Waals surface area contributed by atoms with E-state index in [0.717, 1.165) is 38.8 Å². The van der Waals surface area contributed by atoms with Crippen molar-refractivity contribution in [3.8, 4) is 6.07 Å². The fourth-order valence-electron chi connectivity index (χ4n) is 3.91. The SMILES string of the molecule is CC1CCC([C](C(N)=O)c2cn(C3(C#N)CCNCC3)nn2)CC1. The Morgan fingerprint density at radius 3 is 2.62 bits per heavy atom. The third-order valence-electron chi connectivity index (χ3n) is 5.54. The molecule has 1 amide bonds. The Labute approximate surface area is 142 Å². The fourth-order valence-corrected chi connectivity index (χ4v) is 3.91. The van der Waals surface area contributed by atoms with Gasteiger partial charge >= 0.3 is 0 Å². The zero-order valence-corrected chi connectivity index (χ0v) is 14.2. The molecule has 0 aromatic carbocycles. The molecule has 0 atom stereocenters. The highest BCUT2D eigenvalue weighted by Gasteiger charge is 2.38. The van der Waals surface area contributed by atoms with Gasteiger partial charge in [-0.3, -0.25) is 4.79 Å². The van der Waals surface area contributed by atoms with Gasteiger partial charge in [-0.2, -0.15) is 5.26 Å². The van der Waals surface area contributed by atoms with Crippen LogP contribution >= 0.6 is 0 Å². The Kier molecular flexibility index (Phi) is 4.86. The molecule has 24 heavy (non-hydrogen) atoms. The molecule has 1 aliphatic heterocycles. The first-order valence-electron chi connectivity index (χ1n) is 8.77. The van der Waals surface area contributed by atoms with E-state index < -0.39 is 11.4 Å². The van der Waals surface area contributed by atoms with Crippen molar-refractivity contribution >= 4 is 5.91 Å². The van der Waals surface area contributed by atoms with Crippen molar-refractivity contribution < 1.29 is 4.79 Å². The number of carbonyl (C=O) groups excluding carboxylic acids is 1. The Balaban J connectivity index is 1.84. The normalized spacial score (nSPS) is 26.9. The summed E-state index contributed by atoms with van der Waals surface area (Å²) in [4.78, 5) is 12.0. The van der Waals surface area contributed by atoms with Gasteiger partial charge < -0.3 is 11.1 Å². The zero-order valence-electron chi connectivity index (χ0n) is 14.2. The monoisotopic (exact) mass is 329 g/mol. The van der Waals surface area contributed by atoms with E-state index in [9.17, 15) is 10.1 Å². The lowest BCUT2D eigenvalue weighted by Crippen LogP contribution is -2.43. The Morgan fingerprint density at radius 2 is 2.04 bits per heavy atom. The van der Waals surface area contributed by atoms with E-state index in [1.54, 1.807) is 10.9 Å². The molecule has 1 aromatic heterocycles. The van der Waals surface area contributed by atoms with Crippen LogP contribution in [0.5, 0.6) is 0 Å². The second-order valence-electron chi connectivity index (χ2n) is 7.18. The highest BCUT2D eigenvalue weighted by Crippen LogP contribution is 2.37. The molecular formula is C17H25N6O. The van der Waals surface area contributed by atoms with Gasteiger partial charge in [0.1, 0.15) is 11.6 Å². The second-order valence-corrected chi connectivity index (χ2v) is 7.18. The Hall–Kier alpha value is -1.94. The fraction of sp³-hybridized carbons (Fsp3) is 0.706. The summed E-state index contributed by atoms with van der Waals surface area (Å²) >= 11 is 0. The van der Waals surface area contributed by atoms with Crippen molar-refractivity contribution in [2.24, 2.45) is 17.6 Å². The number of nitrogens with zero attached hydrogens (tertiary/aromatic N) is 4. The first kappa shape index (κ1) is 16.9. The highest BCUT2D eigenvalue weighted by molar-refractivity contribution is 5.92. The molecule has 1 radical (unpaired) electrons. The summed E-state index contributed by atoms with van der Waals surface area (Å²) in [5, 5.41) is 21.3. The lowest BCUT2D eigenvalue weighted by molar-refractivity contribution is -0.116. The molecule has 2 fully saturated rings. The molecule has 7 nitrogen and oxygen atoms in total. The molecule has 1 aliphatic carbocycles. The topological polar surface area (TPSA) is 110 Å². The summed E-state index contributed by atoms with van der Waals surface area (Å²) in [6, 6.07) is 2.40. The molecule has 0 spiro atoms. The first-order chi connectivity index (χ1) is 11.6. The number of carbonyl (C=O) groups is 1. The molecule has 1 saturated carbocycles. The largest absolute Gasteiger partial charge is 0.369 e.